The van der Waals surface area contributed by atoms with Crippen LogP contribution in [-0.2, 0) is 21.1 Å². The Balaban J connectivity index is 1.65. The molecule has 0 aromatic heterocycles. The van der Waals surface area contributed by atoms with Crippen molar-refractivity contribution >= 4 is 21.4 Å². The maximum atomic E-state index is 12.1. The SMILES string of the molecule is CS(=O)(=O)c1ccc(NC(=O)Cc2ccc3c(c2)OCCO3)cc1. The zero-order valence-corrected chi connectivity index (χ0v) is 13.9. The summed E-state index contributed by atoms with van der Waals surface area (Å²) in [6.45, 7) is 1.02. The molecule has 1 amide bonds. The Bertz CT molecular complexity index is 859. The minimum atomic E-state index is -3.24. The molecule has 1 heterocycles. The number of ether oxygens (including phenoxy) is 2. The Hall–Kier alpha value is -2.54. The first-order valence-corrected chi connectivity index (χ1v) is 9.29. The van der Waals surface area contributed by atoms with Gasteiger partial charge in [-0.25, -0.2) is 8.42 Å². The smallest absolute Gasteiger partial charge is 0.228 e. The van der Waals surface area contributed by atoms with Gasteiger partial charge in [-0.05, 0) is 42.0 Å². The van der Waals surface area contributed by atoms with Gasteiger partial charge in [0.05, 0.1) is 11.3 Å². The number of fused-ring (bicyclic) bond motifs is 1. The van der Waals surface area contributed by atoms with Gasteiger partial charge in [0.15, 0.2) is 21.3 Å². The van der Waals surface area contributed by atoms with Crippen LogP contribution in [0.5, 0.6) is 11.5 Å². The van der Waals surface area contributed by atoms with E-state index in [4.69, 9.17) is 9.47 Å². The van der Waals surface area contributed by atoms with E-state index in [1.807, 2.05) is 6.07 Å². The number of hydrogen-bond acceptors (Lipinski definition) is 5. The zero-order valence-electron chi connectivity index (χ0n) is 13.1. The highest BCUT2D eigenvalue weighted by Crippen LogP contribution is 2.30. The molecule has 6 nitrogen and oxygen atoms in total. The minimum absolute atomic E-state index is 0.185. The highest BCUT2D eigenvalue weighted by atomic mass is 32.2. The standard InChI is InChI=1S/C17H17NO5S/c1-24(20,21)14-5-3-13(4-6-14)18-17(19)11-12-2-7-15-16(10-12)23-9-8-22-15/h2-7,10H,8-9,11H2,1H3,(H,18,19). The molecular formula is C17H17NO5S. The van der Waals surface area contributed by atoms with Gasteiger partial charge >= 0.3 is 0 Å². The summed E-state index contributed by atoms with van der Waals surface area (Å²) in [6.07, 6.45) is 1.33. The third kappa shape index (κ3) is 3.86. The normalized spacial score (nSPS) is 13.4. The summed E-state index contributed by atoms with van der Waals surface area (Å²) in [4.78, 5) is 12.3. The zero-order chi connectivity index (χ0) is 17.2. The molecule has 0 spiro atoms. The number of rotatable bonds is 4. The maximum absolute atomic E-state index is 12.1. The fourth-order valence-electron chi connectivity index (χ4n) is 2.37. The molecule has 24 heavy (non-hydrogen) atoms. The second-order valence-corrected chi connectivity index (χ2v) is 7.52. The van der Waals surface area contributed by atoms with Gasteiger partial charge in [0.25, 0.3) is 0 Å². The van der Waals surface area contributed by atoms with Crippen molar-refractivity contribution in [2.24, 2.45) is 0 Å². The molecule has 2 aromatic carbocycles. The Kier molecular flexibility index (Phi) is 4.44. The number of benzene rings is 2. The van der Waals surface area contributed by atoms with Crippen LogP contribution in [0.25, 0.3) is 0 Å². The average Bonchev–Trinajstić information content (AvgIpc) is 2.54. The van der Waals surface area contributed by atoms with Gasteiger partial charge in [0.2, 0.25) is 5.91 Å². The summed E-state index contributed by atoms with van der Waals surface area (Å²) in [6, 6.07) is 11.5. The fourth-order valence-corrected chi connectivity index (χ4v) is 3.00. The first kappa shape index (κ1) is 16.3. The lowest BCUT2D eigenvalue weighted by atomic mass is 10.1. The molecule has 0 aliphatic carbocycles. The molecule has 0 saturated heterocycles. The number of nitrogens with one attached hydrogen (secondary N) is 1. The number of amides is 1. The van der Waals surface area contributed by atoms with E-state index in [1.165, 1.54) is 12.1 Å². The number of anilines is 1. The van der Waals surface area contributed by atoms with Gasteiger partial charge in [-0.3, -0.25) is 4.79 Å². The summed E-state index contributed by atoms with van der Waals surface area (Å²) in [7, 11) is -3.24. The highest BCUT2D eigenvalue weighted by Gasteiger charge is 2.13. The number of hydrogen-bond donors (Lipinski definition) is 1. The van der Waals surface area contributed by atoms with Crippen LogP contribution in [0, 0.1) is 0 Å². The van der Waals surface area contributed by atoms with Crippen LogP contribution in [0.2, 0.25) is 0 Å². The van der Waals surface area contributed by atoms with E-state index in [9.17, 15) is 13.2 Å². The van der Waals surface area contributed by atoms with Gasteiger partial charge < -0.3 is 14.8 Å². The van der Waals surface area contributed by atoms with E-state index in [-0.39, 0.29) is 17.2 Å². The van der Waals surface area contributed by atoms with Gasteiger partial charge in [-0.2, -0.15) is 0 Å². The van der Waals surface area contributed by atoms with E-state index in [0.717, 1.165) is 11.8 Å². The third-order valence-corrected chi connectivity index (χ3v) is 4.67. The number of carbonyl (C=O) groups is 1. The van der Waals surface area contributed by atoms with Crippen molar-refractivity contribution < 1.29 is 22.7 Å². The third-order valence-electron chi connectivity index (χ3n) is 3.54. The lowest BCUT2D eigenvalue weighted by Crippen LogP contribution is -2.17. The lowest BCUT2D eigenvalue weighted by molar-refractivity contribution is -0.115. The van der Waals surface area contributed by atoms with Crippen LogP contribution < -0.4 is 14.8 Å². The quantitative estimate of drug-likeness (QED) is 0.915. The second-order valence-electron chi connectivity index (χ2n) is 5.50. The van der Waals surface area contributed by atoms with Crippen LogP contribution >= 0.6 is 0 Å². The van der Waals surface area contributed by atoms with Crippen LogP contribution in [0.15, 0.2) is 47.4 Å². The molecule has 0 fully saturated rings. The summed E-state index contributed by atoms with van der Waals surface area (Å²) in [5.74, 6) is 1.13. The molecule has 1 aliphatic rings. The average molecular weight is 347 g/mol. The van der Waals surface area contributed by atoms with Crippen LogP contribution in [-0.4, -0.2) is 33.8 Å². The van der Waals surface area contributed by atoms with Crippen molar-refractivity contribution in [3.63, 3.8) is 0 Å². The molecule has 126 valence electrons. The molecule has 3 rings (SSSR count). The van der Waals surface area contributed by atoms with E-state index >= 15 is 0 Å². The Morgan fingerprint density at radius 2 is 1.71 bits per heavy atom. The van der Waals surface area contributed by atoms with Gasteiger partial charge in [0.1, 0.15) is 13.2 Å². The van der Waals surface area contributed by atoms with Gasteiger partial charge in [-0.1, -0.05) is 6.07 Å². The van der Waals surface area contributed by atoms with Gasteiger partial charge in [-0.15, -0.1) is 0 Å². The molecule has 1 aliphatic heterocycles. The molecule has 0 unspecified atom stereocenters. The van der Waals surface area contributed by atoms with Crippen molar-refractivity contribution in [2.75, 3.05) is 24.8 Å². The molecular weight excluding hydrogens is 330 g/mol. The van der Waals surface area contributed by atoms with Crippen molar-refractivity contribution in [1.29, 1.82) is 0 Å². The van der Waals surface area contributed by atoms with E-state index in [0.29, 0.717) is 30.4 Å². The maximum Gasteiger partial charge on any atom is 0.228 e. The van der Waals surface area contributed by atoms with E-state index < -0.39 is 9.84 Å². The minimum Gasteiger partial charge on any atom is -0.486 e. The summed E-state index contributed by atoms with van der Waals surface area (Å²) in [5, 5.41) is 2.74. The van der Waals surface area contributed by atoms with E-state index in [2.05, 4.69) is 5.32 Å². The summed E-state index contributed by atoms with van der Waals surface area (Å²) < 4.78 is 33.8. The summed E-state index contributed by atoms with van der Waals surface area (Å²) in [5.41, 5.74) is 1.36. The van der Waals surface area contributed by atoms with Crippen molar-refractivity contribution in [1.82, 2.24) is 0 Å². The molecule has 1 N–H and O–H groups in total. The number of sulfone groups is 1. The Morgan fingerprint density at radius 1 is 1.04 bits per heavy atom. The van der Waals surface area contributed by atoms with Gasteiger partial charge in [0, 0.05) is 11.9 Å². The lowest BCUT2D eigenvalue weighted by Gasteiger charge is -2.18. The molecule has 0 saturated carbocycles. The molecule has 7 heteroatoms. The van der Waals surface area contributed by atoms with Crippen molar-refractivity contribution in [3.8, 4) is 11.5 Å². The fraction of sp³-hybridized carbons (Fsp3) is 0.235. The predicted molar refractivity (Wildman–Crippen MR) is 89.3 cm³/mol. The van der Waals surface area contributed by atoms with Crippen LogP contribution in [0.1, 0.15) is 5.56 Å². The van der Waals surface area contributed by atoms with E-state index in [1.54, 1.807) is 24.3 Å². The molecule has 0 atom stereocenters. The van der Waals surface area contributed by atoms with Crippen LogP contribution in [0.3, 0.4) is 0 Å². The first-order valence-electron chi connectivity index (χ1n) is 7.40. The summed E-state index contributed by atoms with van der Waals surface area (Å²) >= 11 is 0. The number of carbonyl (C=O) groups excluding carboxylic acids is 1. The Labute approximate surface area is 140 Å². The highest BCUT2D eigenvalue weighted by molar-refractivity contribution is 7.90. The first-order chi connectivity index (χ1) is 11.4. The molecule has 0 bridgehead atoms. The largest absolute Gasteiger partial charge is 0.486 e. The Morgan fingerprint density at radius 3 is 2.38 bits per heavy atom. The monoisotopic (exact) mass is 347 g/mol. The van der Waals surface area contributed by atoms with Crippen molar-refractivity contribution in [2.45, 2.75) is 11.3 Å². The molecule has 0 radical (unpaired) electrons. The predicted octanol–water partition coefficient (Wildman–Crippen LogP) is 2.04. The second kappa shape index (κ2) is 6.52. The van der Waals surface area contributed by atoms with Crippen LogP contribution in [0.4, 0.5) is 5.69 Å². The topological polar surface area (TPSA) is 81.7 Å². The van der Waals surface area contributed by atoms with Crippen molar-refractivity contribution in [3.05, 3.63) is 48.0 Å². The molecule has 2 aromatic rings.